The topological polar surface area (TPSA) is 66.2 Å². The minimum atomic E-state index is 0. The highest BCUT2D eigenvalue weighted by molar-refractivity contribution is 4.76. The first kappa shape index (κ1) is 21.2. The molecule has 1 rings (SSSR count). The summed E-state index contributed by atoms with van der Waals surface area (Å²) in [7, 11) is 0. The fourth-order valence-corrected chi connectivity index (χ4v) is 2.13. The van der Waals surface area contributed by atoms with Gasteiger partial charge in [0.15, 0.2) is 0 Å². The summed E-state index contributed by atoms with van der Waals surface area (Å²) in [4.78, 5) is 2.58. The van der Waals surface area contributed by atoms with Gasteiger partial charge in [-0.25, -0.2) is 0 Å². The molecule has 0 aromatic carbocycles. The third kappa shape index (κ3) is 9.13. The molecule has 1 fully saturated rings. The van der Waals surface area contributed by atoms with Gasteiger partial charge in [-0.05, 0) is 32.4 Å². The Kier molecular flexibility index (Phi) is 19.7. The number of hydrogen-bond acceptors (Lipinski definition) is 1. The van der Waals surface area contributed by atoms with Crippen LogP contribution in [0.4, 0.5) is 0 Å². The van der Waals surface area contributed by atoms with Crippen LogP contribution in [0.3, 0.4) is 0 Å². The van der Waals surface area contributed by atoms with Crippen LogP contribution in [0.25, 0.3) is 0 Å². The van der Waals surface area contributed by atoms with Crippen LogP contribution in [0.2, 0.25) is 0 Å². The zero-order valence-corrected chi connectivity index (χ0v) is 11.7. The Morgan fingerprint density at radius 2 is 1.56 bits per heavy atom. The molecule has 0 bridgehead atoms. The third-order valence-electron chi connectivity index (χ3n) is 3.08. The van der Waals surface area contributed by atoms with Gasteiger partial charge in [-0.3, -0.25) is 0 Å². The molecule has 0 saturated carbocycles. The number of rotatable bonds is 4. The number of nitrogens with zero attached hydrogens (tertiary/aromatic N) is 1. The van der Waals surface area contributed by atoms with Crippen LogP contribution >= 0.6 is 0 Å². The van der Waals surface area contributed by atoms with Crippen LogP contribution in [-0.4, -0.2) is 35.0 Å². The van der Waals surface area contributed by atoms with Crippen LogP contribution in [0.5, 0.6) is 0 Å². The molecule has 3 nitrogen and oxygen atoms in total. The third-order valence-corrected chi connectivity index (χ3v) is 3.08. The highest BCUT2D eigenvalue weighted by Gasteiger charge is 2.20. The molecule has 0 amide bonds. The molecule has 0 spiro atoms. The molecule has 16 heavy (non-hydrogen) atoms. The van der Waals surface area contributed by atoms with E-state index < -0.39 is 0 Å². The lowest BCUT2D eigenvalue weighted by Gasteiger charge is -2.20. The van der Waals surface area contributed by atoms with Crippen LogP contribution in [0.1, 0.15) is 66.2 Å². The van der Waals surface area contributed by atoms with Crippen molar-refractivity contribution < 1.29 is 11.0 Å². The summed E-state index contributed by atoms with van der Waals surface area (Å²) in [5.74, 6) is 0. The van der Waals surface area contributed by atoms with Crippen molar-refractivity contribution in [3.05, 3.63) is 0 Å². The zero-order chi connectivity index (χ0) is 10.8. The van der Waals surface area contributed by atoms with Gasteiger partial charge in [-0.2, -0.15) is 0 Å². The Morgan fingerprint density at radius 3 is 1.81 bits per heavy atom. The predicted octanol–water partition coefficient (Wildman–Crippen LogP) is 2.43. The molecule has 1 atom stereocenters. The molecular weight excluding hydrogens is 202 g/mol. The molecule has 1 aliphatic rings. The van der Waals surface area contributed by atoms with Crippen LogP contribution in [0.15, 0.2) is 0 Å². The maximum Gasteiger partial charge on any atom is 0.00929 e. The first-order chi connectivity index (χ1) is 6.79. The van der Waals surface area contributed by atoms with Crippen molar-refractivity contribution in [2.24, 2.45) is 0 Å². The predicted molar refractivity (Wildman–Crippen MR) is 73.0 cm³/mol. The largest absolute Gasteiger partial charge is 0.412 e. The lowest BCUT2D eigenvalue weighted by molar-refractivity contribution is 0.262. The van der Waals surface area contributed by atoms with E-state index in [1.54, 1.807) is 0 Å². The van der Waals surface area contributed by atoms with Gasteiger partial charge in [0.05, 0.1) is 0 Å². The summed E-state index contributed by atoms with van der Waals surface area (Å²) in [6, 6.07) is 0.912. The molecule has 0 aliphatic carbocycles. The van der Waals surface area contributed by atoms with E-state index in [4.69, 9.17) is 0 Å². The average Bonchev–Trinajstić information content (AvgIpc) is 2.67. The van der Waals surface area contributed by atoms with E-state index in [0.29, 0.717) is 0 Å². The number of likely N-dealkylation sites (tertiary alicyclic amines) is 1. The van der Waals surface area contributed by atoms with Crippen molar-refractivity contribution in [2.45, 2.75) is 72.3 Å². The van der Waals surface area contributed by atoms with Crippen molar-refractivity contribution in [3.8, 4) is 0 Å². The van der Waals surface area contributed by atoms with E-state index >= 15 is 0 Å². The second kappa shape index (κ2) is 14.9. The molecule has 0 aromatic rings. The zero-order valence-electron chi connectivity index (χ0n) is 11.7. The highest BCUT2D eigenvalue weighted by Crippen LogP contribution is 2.18. The fourth-order valence-electron chi connectivity index (χ4n) is 2.13. The number of unbranched alkanes of at least 4 members (excludes halogenated alkanes) is 2. The van der Waals surface area contributed by atoms with Gasteiger partial charge in [0.1, 0.15) is 0 Å². The second-order valence-electron chi connectivity index (χ2n) is 4.19. The van der Waals surface area contributed by atoms with E-state index in [1.165, 1.54) is 51.6 Å². The summed E-state index contributed by atoms with van der Waals surface area (Å²) < 4.78 is 0. The summed E-state index contributed by atoms with van der Waals surface area (Å²) >= 11 is 0. The van der Waals surface area contributed by atoms with Gasteiger partial charge in [-0.1, -0.05) is 47.0 Å². The molecule has 1 saturated heterocycles. The van der Waals surface area contributed by atoms with Crippen molar-refractivity contribution in [2.75, 3.05) is 13.1 Å². The van der Waals surface area contributed by atoms with Crippen LogP contribution < -0.4 is 0 Å². The maximum atomic E-state index is 2.58. The van der Waals surface area contributed by atoms with Crippen molar-refractivity contribution in [1.82, 2.24) is 4.90 Å². The lowest BCUT2D eigenvalue weighted by Crippen LogP contribution is -2.28. The highest BCUT2D eigenvalue weighted by atomic mass is 16.0. The normalized spacial score (nSPS) is 19.1. The monoisotopic (exact) mass is 235 g/mol. The fraction of sp³-hybridized carbons (Fsp3) is 1.00. The smallest absolute Gasteiger partial charge is 0.00929 e. The molecule has 3 heteroatoms. The maximum absolute atomic E-state index is 2.58. The molecular formula is C13H33NO2. The van der Waals surface area contributed by atoms with Gasteiger partial charge in [0, 0.05) is 6.04 Å². The van der Waals surface area contributed by atoms with Crippen molar-refractivity contribution in [3.63, 3.8) is 0 Å². The Bertz CT molecular complexity index is 109. The molecule has 1 heterocycles. The Morgan fingerprint density at radius 1 is 1.00 bits per heavy atom. The Labute approximate surface area is 102 Å². The molecule has 1 aliphatic heterocycles. The summed E-state index contributed by atoms with van der Waals surface area (Å²) in [5.41, 5.74) is 0. The Balaban J connectivity index is -0.000000214. The molecule has 102 valence electrons. The van der Waals surface area contributed by atoms with Crippen LogP contribution in [-0.2, 0) is 0 Å². The number of hydrogen-bond donors (Lipinski definition) is 0. The Hall–Kier alpha value is -0.120. The van der Waals surface area contributed by atoms with Gasteiger partial charge in [0.25, 0.3) is 0 Å². The van der Waals surface area contributed by atoms with E-state index in [0.717, 1.165) is 6.04 Å². The minimum Gasteiger partial charge on any atom is -0.412 e. The van der Waals surface area contributed by atoms with Crippen LogP contribution in [0, 0.1) is 0 Å². The van der Waals surface area contributed by atoms with E-state index in [1.807, 2.05) is 0 Å². The lowest BCUT2D eigenvalue weighted by atomic mass is 10.2. The quantitative estimate of drug-likeness (QED) is 0.738. The summed E-state index contributed by atoms with van der Waals surface area (Å²) in [6.07, 6.45) is 8.28. The SMILES string of the molecule is CCC1CCCN1CC.CCCCC.O.O. The minimum absolute atomic E-state index is 0. The van der Waals surface area contributed by atoms with Gasteiger partial charge >= 0.3 is 0 Å². The first-order valence-corrected chi connectivity index (χ1v) is 6.54. The average molecular weight is 235 g/mol. The molecule has 1 unspecified atom stereocenters. The van der Waals surface area contributed by atoms with E-state index in [2.05, 4.69) is 32.6 Å². The molecule has 0 aromatic heterocycles. The second-order valence-corrected chi connectivity index (χ2v) is 4.19. The first-order valence-electron chi connectivity index (χ1n) is 6.54. The summed E-state index contributed by atoms with van der Waals surface area (Å²) in [6.45, 7) is 11.6. The van der Waals surface area contributed by atoms with Gasteiger partial charge in [-0.15, -0.1) is 0 Å². The molecule has 4 N–H and O–H groups in total. The van der Waals surface area contributed by atoms with E-state index in [-0.39, 0.29) is 11.0 Å². The van der Waals surface area contributed by atoms with Gasteiger partial charge < -0.3 is 15.9 Å². The summed E-state index contributed by atoms with van der Waals surface area (Å²) in [5, 5.41) is 0. The molecule has 0 radical (unpaired) electrons. The standard InChI is InChI=1S/C8H17N.C5H12.2H2O/c1-3-8-6-5-7-9(8)4-2;1-3-5-4-2;;/h8H,3-7H2,1-2H3;3-5H2,1-2H3;2*1H2. The van der Waals surface area contributed by atoms with Crippen molar-refractivity contribution in [1.29, 1.82) is 0 Å². The van der Waals surface area contributed by atoms with Crippen molar-refractivity contribution >= 4 is 0 Å². The van der Waals surface area contributed by atoms with E-state index in [9.17, 15) is 0 Å². The van der Waals surface area contributed by atoms with Gasteiger partial charge in [0.2, 0.25) is 0 Å².